The van der Waals surface area contributed by atoms with E-state index in [1.54, 1.807) is 6.08 Å². The normalized spacial score (nSPS) is 18.1. The van der Waals surface area contributed by atoms with Crippen molar-refractivity contribution in [2.75, 3.05) is 0 Å². The zero-order chi connectivity index (χ0) is 11.4. The fourth-order valence-corrected chi connectivity index (χ4v) is 2.68. The Morgan fingerprint density at radius 2 is 2.00 bits per heavy atom. The Kier molecular flexibility index (Phi) is 3.53. The van der Waals surface area contributed by atoms with Gasteiger partial charge in [0.1, 0.15) is 0 Å². The van der Waals surface area contributed by atoms with Gasteiger partial charge in [0.25, 0.3) is 0 Å². The van der Waals surface area contributed by atoms with Crippen molar-refractivity contribution in [3.05, 3.63) is 35.4 Å². The van der Waals surface area contributed by atoms with E-state index in [1.807, 2.05) is 12.1 Å². The molecule has 2 heteroatoms. The van der Waals surface area contributed by atoms with Crippen LogP contribution in [0.25, 0.3) is 0 Å². The molecule has 84 valence electrons. The third-order valence-corrected chi connectivity index (χ3v) is 3.55. The van der Waals surface area contributed by atoms with Crippen molar-refractivity contribution in [3.8, 4) is 0 Å². The molecule has 0 radical (unpaired) electrons. The molecule has 0 aliphatic heterocycles. The van der Waals surface area contributed by atoms with E-state index in [2.05, 4.69) is 24.0 Å². The number of aliphatic imine (C=N–C) groups is 1. The van der Waals surface area contributed by atoms with Crippen molar-refractivity contribution in [1.82, 2.24) is 0 Å². The van der Waals surface area contributed by atoms with E-state index in [1.165, 1.54) is 36.8 Å². The Hall–Kier alpha value is -1.40. The number of rotatable bonds is 3. The van der Waals surface area contributed by atoms with Gasteiger partial charge in [-0.05, 0) is 36.8 Å². The molecule has 0 aromatic heterocycles. The summed E-state index contributed by atoms with van der Waals surface area (Å²) in [5.74, 6) is 0.530. The lowest BCUT2D eigenvalue weighted by Crippen LogP contribution is -2.08. The van der Waals surface area contributed by atoms with Crippen molar-refractivity contribution in [3.63, 3.8) is 0 Å². The highest BCUT2D eigenvalue weighted by Gasteiger charge is 2.26. The summed E-state index contributed by atoms with van der Waals surface area (Å²) in [4.78, 5) is 14.6. The van der Waals surface area contributed by atoms with Crippen molar-refractivity contribution < 1.29 is 4.79 Å². The number of isocyanates is 1. The SMILES string of the molecule is Cc1ccccc1C(N=C=O)C1CCCC1. The standard InChI is InChI=1S/C14H17NO/c1-11-6-2-5-9-13(11)14(15-10-16)12-7-3-4-8-12/h2,5-6,9,12,14H,3-4,7-8H2,1H3. The van der Waals surface area contributed by atoms with Crippen LogP contribution in [-0.2, 0) is 4.79 Å². The van der Waals surface area contributed by atoms with Crippen LogP contribution in [0.2, 0.25) is 0 Å². The third-order valence-electron chi connectivity index (χ3n) is 3.55. The summed E-state index contributed by atoms with van der Waals surface area (Å²) in [5.41, 5.74) is 2.41. The van der Waals surface area contributed by atoms with E-state index in [4.69, 9.17) is 0 Å². The van der Waals surface area contributed by atoms with E-state index < -0.39 is 0 Å². The van der Waals surface area contributed by atoms with Gasteiger partial charge in [-0.25, -0.2) is 4.79 Å². The van der Waals surface area contributed by atoms with Gasteiger partial charge in [-0.15, -0.1) is 0 Å². The first kappa shape index (κ1) is 11.1. The number of carbonyl (C=O) groups excluding carboxylic acids is 1. The second-order valence-corrected chi connectivity index (χ2v) is 4.57. The molecule has 1 aromatic rings. The van der Waals surface area contributed by atoms with Crippen LogP contribution in [0.15, 0.2) is 29.3 Å². The van der Waals surface area contributed by atoms with Crippen LogP contribution in [0, 0.1) is 12.8 Å². The maximum atomic E-state index is 10.6. The maximum Gasteiger partial charge on any atom is 0.235 e. The van der Waals surface area contributed by atoms with Gasteiger partial charge in [-0.1, -0.05) is 37.1 Å². The molecule has 0 heterocycles. The summed E-state index contributed by atoms with van der Waals surface area (Å²) >= 11 is 0. The zero-order valence-corrected chi connectivity index (χ0v) is 9.65. The molecular weight excluding hydrogens is 198 g/mol. The minimum Gasteiger partial charge on any atom is -0.211 e. The average molecular weight is 215 g/mol. The second kappa shape index (κ2) is 5.09. The molecule has 0 spiro atoms. The van der Waals surface area contributed by atoms with Crippen LogP contribution < -0.4 is 0 Å². The molecule has 1 aromatic carbocycles. The van der Waals surface area contributed by atoms with E-state index in [0.29, 0.717) is 5.92 Å². The summed E-state index contributed by atoms with van der Waals surface area (Å²) < 4.78 is 0. The molecule has 0 saturated heterocycles. The summed E-state index contributed by atoms with van der Waals surface area (Å²) in [5, 5.41) is 0. The molecule has 1 unspecified atom stereocenters. The second-order valence-electron chi connectivity index (χ2n) is 4.57. The van der Waals surface area contributed by atoms with E-state index in [9.17, 15) is 4.79 Å². The van der Waals surface area contributed by atoms with Crippen LogP contribution in [-0.4, -0.2) is 6.08 Å². The Bertz CT molecular complexity index is 401. The van der Waals surface area contributed by atoms with Gasteiger partial charge < -0.3 is 0 Å². The topological polar surface area (TPSA) is 29.4 Å². The summed E-state index contributed by atoms with van der Waals surface area (Å²) in [6.07, 6.45) is 6.65. The Morgan fingerprint density at radius 1 is 1.31 bits per heavy atom. The molecule has 2 nitrogen and oxygen atoms in total. The van der Waals surface area contributed by atoms with Gasteiger partial charge in [-0.3, -0.25) is 0 Å². The van der Waals surface area contributed by atoms with Crippen molar-refractivity contribution in [1.29, 1.82) is 0 Å². The molecule has 1 saturated carbocycles. The fraction of sp³-hybridized carbons (Fsp3) is 0.500. The Balaban J connectivity index is 2.31. The molecule has 0 bridgehead atoms. The van der Waals surface area contributed by atoms with Crippen molar-refractivity contribution in [2.24, 2.45) is 10.9 Å². The molecule has 2 rings (SSSR count). The predicted octanol–water partition coefficient (Wildman–Crippen LogP) is 3.56. The van der Waals surface area contributed by atoms with Gasteiger partial charge in [0, 0.05) is 0 Å². The largest absolute Gasteiger partial charge is 0.235 e. The Labute approximate surface area is 96.4 Å². The van der Waals surface area contributed by atoms with Crippen LogP contribution in [0.3, 0.4) is 0 Å². The lowest BCUT2D eigenvalue weighted by molar-refractivity contribution is 0.441. The molecule has 1 aliphatic rings. The first-order valence-corrected chi connectivity index (χ1v) is 5.95. The first-order valence-electron chi connectivity index (χ1n) is 5.95. The van der Waals surface area contributed by atoms with Gasteiger partial charge >= 0.3 is 0 Å². The number of hydrogen-bond donors (Lipinski definition) is 0. The predicted molar refractivity (Wildman–Crippen MR) is 64.0 cm³/mol. The molecule has 0 N–H and O–H groups in total. The molecule has 16 heavy (non-hydrogen) atoms. The van der Waals surface area contributed by atoms with E-state index >= 15 is 0 Å². The highest BCUT2D eigenvalue weighted by molar-refractivity contribution is 5.38. The molecule has 1 atom stereocenters. The van der Waals surface area contributed by atoms with Gasteiger partial charge in [0.05, 0.1) is 6.04 Å². The lowest BCUT2D eigenvalue weighted by Gasteiger charge is -2.19. The first-order chi connectivity index (χ1) is 7.83. The van der Waals surface area contributed by atoms with Gasteiger partial charge in [0.2, 0.25) is 6.08 Å². The molecule has 1 aliphatic carbocycles. The summed E-state index contributed by atoms with van der Waals surface area (Å²) in [6, 6.07) is 8.23. The Morgan fingerprint density at radius 3 is 2.62 bits per heavy atom. The number of nitrogens with zero attached hydrogens (tertiary/aromatic N) is 1. The molecular formula is C14H17NO. The molecule has 1 fully saturated rings. The van der Waals surface area contributed by atoms with Crippen molar-refractivity contribution in [2.45, 2.75) is 38.6 Å². The van der Waals surface area contributed by atoms with Gasteiger partial charge in [0.15, 0.2) is 0 Å². The maximum absolute atomic E-state index is 10.6. The highest BCUT2D eigenvalue weighted by atomic mass is 16.1. The highest BCUT2D eigenvalue weighted by Crippen LogP contribution is 2.38. The fourth-order valence-electron chi connectivity index (χ4n) is 2.68. The summed E-state index contributed by atoms with van der Waals surface area (Å²) in [6.45, 7) is 2.08. The lowest BCUT2D eigenvalue weighted by atomic mass is 9.90. The number of aryl methyl sites for hydroxylation is 1. The smallest absolute Gasteiger partial charge is 0.211 e. The van der Waals surface area contributed by atoms with E-state index in [-0.39, 0.29) is 6.04 Å². The monoisotopic (exact) mass is 215 g/mol. The van der Waals surface area contributed by atoms with Crippen LogP contribution >= 0.6 is 0 Å². The number of benzene rings is 1. The number of hydrogen-bond acceptors (Lipinski definition) is 2. The van der Waals surface area contributed by atoms with Gasteiger partial charge in [-0.2, -0.15) is 4.99 Å². The van der Waals surface area contributed by atoms with Crippen LogP contribution in [0.1, 0.15) is 42.9 Å². The van der Waals surface area contributed by atoms with Crippen LogP contribution in [0.4, 0.5) is 0 Å². The van der Waals surface area contributed by atoms with Crippen LogP contribution in [0.5, 0.6) is 0 Å². The van der Waals surface area contributed by atoms with Crippen molar-refractivity contribution >= 4 is 6.08 Å². The summed E-state index contributed by atoms with van der Waals surface area (Å²) in [7, 11) is 0. The molecule has 0 amide bonds. The third kappa shape index (κ3) is 2.23. The zero-order valence-electron chi connectivity index (χ0n) is 9.65. The average Bonchev–Trinajstić information content (AvgIpc) is 2.80. The quantitative estimate of drug-likeness (QED) is 0.560. The minimum absolute atomic E-state index is 0.0289. The minimum atomic E-state index is 0.0289. The van der Waals surface area contributed by atoms with E-state index in [0.717, 1.165) is 0 Å².